The number of carbonyl (C=O) groups is 2. The van der Waals surface area contributed by atoms with Crippen LogP contribution in [0.2, 0.25) is 0 Å². The Morgan fingerprint density at radius 1 is 1.11 bits per heavy atom. The van der Waals surface area contributed by atoms with Crippen LogP contribution in [0, 0.1) is 6.92 Å². The largest absolute Gasteiger partial charge is 0.332 e. The highest BCUT2D eigenvalue weighted by molar-refractivity contribution is 5.96. The lowest BCUT2D eigenvalue weighted by Crippen LogP contribution is -2.61. The number of aromatic nitrogens is 2. The Hall–Kier alpha value is -1.98. The molecule has 1 aromatic rings. The molecular formula is C13H18N4O2. The number of carbonyl (C=O) groups excluding carboxylic acids is 2. The first-order chi connectivity index (χ1) is 8.91. The lowest BCUT2D eigenvalue weighted by Gasteiger charge is -2.40. The fraction of sp³-hybridized carbons (Fsp3) is 0.538. The number of hydrogen-bond acceptors (Lipinski definition) is 4. The van der Waals surface area contributed by atoms with Gasteiger partial charge in [0.15, 0.2) is 0 Å². The SMILES string of the molecule is Cc1cnc(CN2C(=O)[C@H](C)N(C)C(=O)[C@@H]2C)cn1. The summed E-state index contributed by atoms with van der Waals surface area (Å²) in [5.74, 6) is -0.107. The number of nitrogens with zero attached hydrogens (tertiary/aromatic N) is 4. The smallest absolute Gasteiger partial charge is 0.246 e. The third-order valence-corrected chi connectivity index (χ3v) is 3.56. The molecular weight excluding hydrogens is 244 g/mol. The van der Waals surface area contributed by atoms with Gasteiger partial charge in [-0.2, -0.15) is 0 Å². The maximum absolute atomic E-state index is 12.2. The van der Waals surface area contributed by atoms with Crippen LogP contribution in [0.4, 0.5) is 0 Å². The Balaban J connectivity index is 2.20. The molecule has 1 aliphatic rings. The first-order valence-electron chi connectivity index (χ1n) is 6.26. The average molecular weight is 262 g/mol. The molecule has 0 radical (unpaired) electrons. The minimum atomic E-state index is -0.461. The Morgan fingerprint density at radius 2 is 1.79 bits per heavy atom. The van der Waals surface area contributed by atoms with Crippen LogP contribution in [0.5, 0.6) is 0 Å². The molecule has 1 aromatic heterocycles. The van der Waals surface area contributed by atoms with Crippen molar-refractivity contribution in [1.82, 2.24) is 19.8 Å². The van der Waals surface area contributed by atoms with Crippen molar-refractivity contribution in [2.24, 2.45) is 0 Å². The fourth-order valence-electron chi connectivity index (χ4n) is 2.11. The summed E-state index contributed by atoms with van der Waals surface area (Å²) in [6.45, 7) is 5.65. The Morgan fingerprint density at radius 3 is 2.37 bits per heavy atom. The van der Waals surface area contributed by atoms with Crippen molar-refractivity contribution in [3.8, 4) is 0 Å². The molecule has 6 nitrogen and oxygen atoms in total. The minimum Gasteiger partial charge on any atom is -0.332 e. The predicted octanol–water partition coefficient (Wildman–Crippen LogP) is 0.363. The van der Waals surface area contributed by atoms with E-state index in [1.807, 2.05) is 6.92 Å². The summed E-state index contributed by atoms with van der Waals surface area (Å²) in [6.07, 6.45) is 3.30. The van der Waals surface area contributed by atoms with E-state index in [0.717, 1.165) is 5.69 Å². The summed E-state index contributed by atoms with van der Waals surface area (Å²) in [5.41, 5.74) is 1.52. The van der Waals surface area contributed by atoms with Gasteiger partial charge in [0.05, 0.1) is 24.1 Å². The predicted molar refractivity (Wildman–Crippen MR) is 69.0 cm³/mol. The number of amides is 2. The van der Waals surface area contributed by atoms with E-state index < -0.39 is 12.1 Å². The van der Waals surface area contributed by atoms with E-state index in [9.17, 15) is 9.59 Å². The zero-order valence-electron chi connectivity index (χ0n) is 11.6. The topological polar surface area (TPSA) is 66.4 Å². The first-order valence-corrected chi connectivity index (χ1v) is 6.26. The zero-order valence-corrected chi connectivity index (χ0v) is 11.6. The van der Waals surface area contributed by atoms with Crippen molar-refractivity contribution in [3.63, 3.8) is 0 Å². The van der Waals surface area contributed by atoms with E-state index in [0.29, 0.717) is 12.2 Å². The number of aryl methyl sites for hydroxylation is 1. The van der Waals surface area contributed by atoms with Crippen molar-refractivity contribution in [2.75, 3.05) is 7.05 Å². The van der Waals surface area contributed by atoms with Gasteiger partial charge in [-0.3, -0.25) is 19.6 Å². The Bertz CT molecular complexity index is 500. The Kier molecular flexibility index (Phi) is 3.50. The molecule has 0 aromatic carbocycles. The maximum atomic E-state index is 12.2. The van der Waals surface area contributed by atoms with Gasteiger partial charge >= 0.3 is 0 Å². The summed E-state index contributed by atoms with van der Waals surface area (Å²) in [5, 5.41) is 0. The molecule has 1 aliphatic heterocycles. The van der Waals surface area contributed by atoms with Crippen LogP contribution in [0.3, 0.4) is 0 Å². The highest BCUT2D eigenvalue weighted by Crippen LogP contribution is 2.18. The second-order valence-electron chi connectivity index (χ2n) is 4.92. The highest BCUT2D eigenvalue weighted by atomic mass is 16.2. The third kappa shape index (κ3) is 2.43. The molecule has 2 amide bonds. The van der Waals surface area contributed by atoms with Gasteiger partial charge in [-0.05, 0) is 20.8 Å². The van der Waals surface area contributed by atoms with Gasteiger partial charge in [0.25, 0.3) is 0 Å². The van der Waals surface area contributed by atoms with E-state index >= 15 is 0 Å². The summed E-state index contributed by atoms with van der Waals surface area (Å²) in [6, 6.07) is -0.890. The maximum Gasteiger partial charge on any atom is 0.246 e. The molecule has 1 fully saturated rings. The van der Waals surface area contributed by atoms with Gasteiger partial charge in [-0.1, -0.05) is 0 Å². The first kappa shape index (κ1) is 13.5. The van der Waals surface area contributed by atoms with Crippen LogP contribution < -0.4 is 0 Å². The summed E-state index contributed by atoms with van der Waals surface area (Å²) >= 11 is 0. The van der Waals surface area contributed by atoms with Crippen LogP contribution in [-0.4, -0.2) is 50.7 Å². The van der Waals surface area contributed by atoms with Crippen LogP contribution in [0.1, 0.15) is 25.2 Å². The fourth-order valence-corrected chi connectivity index (χ4v) is 2.11. The summed E-state index contributed by atoms with van der Waals surface area (Å²) in [7, 11) is 1.66. The number of likely N-dealkylation sites (N-methyl/N-ethyl adjacent to an activating group) is 1. The quantitative estimate of drug-likeness (QED) is 0.772. The number of hydrogen-bond donors (Lipinski definition) is 0. The molecule has 6 heteroatoms. The van der Waals surface area contributed by atoms with Crippen LogP contribution in [0.25, 0.3) is 0 Å². The second-order valence-corrected chi connectivity index (χ2v) is 4.92. The van der Waals surface area contributed by atoms with Crippen molar-refractivity contribution in [2.45, 2.75) is 39.4 Å². The lowest BCUT2D eigenvalue weighted by atomic mass is 10.1. The summed E-state index contributed by atoms with van der Waals surface area (Å²) in [4.78, 5) is 35.7. The van der Waals surface area contributed by atoms with Gasteiger partial charge < -0.3 is 9.80 Å². The van der Waals surface area contributed by atoms with Gasteiger partial charge in [0.2, 0.25) is 11.8 Å². The van der Waals surface area contributed by atoms with E-state index in [2.05, 4.69) is 9.97 Å². The van der Waals surface area contributed by atoms with Gasteiger partial charge in [0, 0.05) is 13.2 Å². The van der Waals surface area contributed by atoms with E-state index in [-0.39, 0.29) is 11.8 Å². The van der Waals surface area contributed by atoms with Crippen LogP contribution in [0.15, 0.2) is 12.4 Å². The zero-order chi connectivity index (χ0) is 14.2. The van der Waals surface area contributed by atoms with Crippen molar-refractivity contribution in [3.05, 3.63) is 23.8 Å². The molecule has 2 atom stereocenters. The van der Waals surface area contributed by atoms with Crippen LogP contribution >= 0.6 is 0 Å². The van der Waals surface area contributed by atoms with Gasteiger partial charge in [-0.25, -0.2) is 0 Å². The van der Waals surface area contributed by atoms with E-state index in [4.69, 9.17) is 0 Å². The molecule has 2 heterocycles. The molecule has 0 unspecified atom stereocenters. The Labute approximate surface area is 112 Å². The molecule has 19 heavy (non-hydrogen) atoms. The molecule has 0 spiro atoms. The highest BCUT2D eigenvalue weighted by Gasteiger charge is 2.39. The number of rotatable bonds is 2. The van der Waals surface area contributed by atoms with E-state index in [1.54, 1.807) is 38.2 Å². The van der Waals surface area contributed by atoms with Crippen LogP contribution in [-0.2, 0) is 16.1 Å². The van der Waals surface area contributed by atoms with Gasteiger partial charge in [-0.15, -0.1) is 0 Å². The second kappa shape index (κ2) is 4.95. The average Bonchev–Trinajstić information content (AvgIpc) is 2.41. The van der Waals surface area contributed by atoms with E-state index in [1.165, 1.54) is 4.90 Å². The van der Waals surface area contributed by atoms with Gasteiger partial charge in [0.1, 0.15) is 12.1 Å². The molecule has 102 valence electrons. The third-order valence-electron chi connectivity index (χ3n) is 3.56. The standard InChI is InChI=1S/C13H18N4O2/c1-8-5-15-11(6-14-8)7-17-10(3)12(18)16(4)9(2)13(17)19/h5-6,9-10H,7H2,1-4H3/t9-,10-/m0/s1. The lowest BCUT2D eigenvalue weighted by molar-refractivity contribution is -0.159. The normalized spacial score (nSPS) is 24.0. The molecule has 0 bridgehead atoms. The van der Waals surface area contributed by atoms with Crippen molar-refractivity contribution < 1.29 is 9.59 Å². The molecule has 1 saturated heterocycles. The minimum absolute atomic E-state index is 0.0489. The monoisotopic (exact) mass is 262 g/mol. The summed E-state index contributed by atoms with van der Waals surface area (Å²) < 4.78 is 0. The molecule has 0 aliphatic carbocycles. The molecule has 0 saturated carbocycles. The van der Waals surface area contributed by atoms with Crippen molar-refractivity contribution in [1.29, 1.82) is 0 Å². The van der Waals surface area contributed by atoms with Crippen molar-refractivity contribution >= 4 is 11.8 Å². The number of piperazine rings is 1. The molecule has 0 N–H and O–H groups in total. The molecule has 2 rings (SSSR count).